The summed E-state index contributed by atoms with van der Waals surface area (Å²) in [7, 11) is 1.44. The van der Waals surface area contributed by atoms with Gasteiger partial charge in [-0.05, 0) is 25.3 Å². The van der Waals surface area contributed by atoms with Crippen molar-refractivity contribution in [1.82, 2.24) is 0 Å². The fourth-order valence-corrected chi connectivity index (χ4v) is 2.32. The monoisotopic (exact) mass is 291 g/mol. The molecule has 0 aliphatic heterocycles. The van der Waals surface area contributed by atoms with E-state index in [9.17, 15) is 4.79 Å². The third-order valence-electron chi connectivity index (χ3n) is 3.16. The number of halogens is 1. The van der Waals surface area contributed by atoms with Crippen LogP contribution in [0.1, 0.15) is 24.8 Å². The first kappa shape index (κ1) is 14.4. The lowest BCUT2D eigenvalue weighted by molar-refractivity contribution is -0.139. The molecule has 0 fully saturated rings. The highest BCUT2D eigenvalue weighted by Gasteiger charge is 2.23. The van der Waals surface area contributed by atoms with Crippen LogP contribution in [-0.2, 0) is 4.79 Å². The lowest BCUT2D eigenvalue weighted by Gasteiger charge is -2.18. The second-order valence-corrected chi connectivity index (χ2v) is 4.91. The number of methoxy groups -OCH3 is 1. The second-order valence-electron chi connectivity index (χ2n) is 4.50. The van der Waals surface area contributed by atoms with Crippen molar-refractivity contribution in [2.45, 2.75) is 19.3 Å². The van der Waals surface area contributed by atoms with E-state index >= 15 is 0 Å². The number of allylic oxidation sites excluding steroid dienone is 2. The zero-order valence-electron chi connectivity index (χ0n) is 11.1. The molecule has 2 rings (SSSR count). The van der Waals surface area contributed by atoms with Gasteiger partial charge in [-0.3, -0.25) is 4.79 Å². The minimum Gasteiger partial charge on any atom is -0.493 e. The van der Waals surface area contributed by atoms with Gasteiger partial charge < -0.3 is 9.47 Å². The van der Waals surface area contributed by atoms with Crippen molar-refractivity contribution >= 4 is 17.6 Å². The van der Waals surface area contributed by atoms with Gasteiger partial charge in [0.15, 0.2) is 11.5 Å². The minimum atomic E-state index is -0.320. The molecule has 1 atom stereocenters. The number of nitriles is 1. The van der Waals surface area contributed by atoms with Crippen molar-refractivity contribution in [3.05, 3.63) is 34.9 Å². The average molecular weight is 292 g/mol. The molecule has 0 radical (unpaired) electrons. The van der Waals surface area contributed by atoms with Crippen molar-refractivity contribution in [2.75, 3.05) is 7.11 Å². The van der Waals surface area contributed by atoms with Crippen LogP contribution >= 0.6 is 11.6 Å². The Morgan fingerprint density at radius 1 is 1.45 bits per heavy atom. The summed E-state index contributed by atoms with van der Waals surface area (Å²) < 4.78 is 10.5. The summed E-state index contributed by atoms with van der Waals surface area (Å²) >= 11 is 6.05. The van der Waals surface area contributed by atoms with E-state index in [1.54, 1.807) is 0 Å². The molecule has 1 aromatic carbocycles. The molecule has 4 nitrogen and oxygen atoms in total. The summed E-state index contributed by atoms with van der Waals surface area (Å²) in [6.45, 7) is 0. The van der Waals surface area contributed by atoms with E-state index in [-0.39, 0.29) is 28.4 Å². The molecule has 0 heterocycles. The number of ether oxygens (including phenoxy) is 2. The Morgan fingerprint density at radius 2 is 2.25 bits per heavy atom. The minimum absolute atomic E-state index is 0.156. The maximum Gasteiger partial charge on any atom is 0.314 e. The van der Waals surface area contributed by atoms with Crippen LogP contribution < -0.4 is 9.47 Å². The Kier molecular flexibility index (Phi) is 4.65. The number of hydrogen-bond donors (Lipinski definition) is 0. The summed E-state index contributed by atoms with van der Waals surface area (Å²) in [5.41, 5.74) is 0.354. The number of nitrogens with zero attached hydrogens (tertiary/aromatic N) is 1. The molecule has 0 aromatic heterocycles. The number of carbonyl (C=O) groups excluding carboxylic acids is 1. The van der Waals surface area contributed by atoms with E-state index in [1.807, 2.05) is 12.1 Å². The van der Waals surface area contributed by atoms with Crippen LogP contribution in [0.25, 0.3) is 0 Å². The van der Waals surface area contributed by atoms with Crippen LogP contribution in [0.2, 0.25) is 5.02 Å². The van der Waals surface area contributed by atoms with Crippen molar-refractivity contribution in [3.63, 3.8) is 0 Å². The van der Waals surface area contributed by atoms with Gasteiger partial charge >= 0.3 is 5.97 Å². The number of benzene rings is 1. The van der Waals surface area contributed by atoms with Crippen molar-refractivity contribution < 1.29 is 14.3 Å². The molecule has 0 bridgehead atoms. The van der Waals surface area contributed by atoms with E-state index in [2.05, 4.69) is 6.08 Å². The molecular weight excluding hydrogens is 278 g/mol. The molecule has 5 heteroatoms. The fraction of sp³-hybridized carbons (Fsp3) is 0.333. The number of rotatable bonds is 3. The fourth-order valence-electron chi connectivity index (χ4n) is 2.08. The van der Waals surface area contributed by atoms with E-state index in [0.29, 0.717) is 12.0 Å². The SMILES string of the molecule is COc1cc(C#N)cc(Cl)c1OC(=O)[C@@H]1CC=CCC1. The molecule has 20 heavy (non-hydrogen) atoms. The van der Waals surface area contributed by atoms with Crippen molar-refractivity contribution in [3.8, 4) is 17.6 Å². The maximum absolute atomic E-state index is 12.1. The molecule has 0 spiro atoms. The second kappa shape index (κ2) is 6.44. The van der Waals surface area contributed by atoms with Crippen LogP contribution in [0.5, 0.6) is 11.5 Å². The van der Waals surface area contributed by atoms with Gasteiger partial charge in [0.2, 0.25) is 0 Å². The summed E-state index contributed by atoms with van der Waals surface area (Å²) in [5, 5.41) is 9.07. The zero-order valence-corrected chi connectivity index (χ0v) is 11.8. The molecule has 0 saturated carbocycles. The molecule has 1 aliphatic rings. The molecule has 1 aliphatic carbocycles. The summed E-state index contributed by atoms with van der Waals surface area (Å²) in [6.07, 6.45) is 6.35. The van der Waals surface area contributed by atoms with Crippen molar-refractivity contribution in [1.29, 1.82) is 5.26 Å². The standard InChI is InChI=1S/C15H14ClNO3/c1-19-13-8-10(9-17)7-12(16)14(13)20-15(18)11-5-3-2-4-6-11/h2-3,7-8,11H,4-6H2,1H3/t11-/m1/s1. The van der Waals surface area contributed by atoms with Crippen LogP contribution in [0.15, 0.2) is 24.3 Å². The summed E-state index contributed by atoms with van der Waals surface area (Å²) in [6, 6.07) is 4.92. The quantitative estimate of drug-likeness (QED) is 0.486. The van der Waals surface area contributed by atoms with Gasteiger partial charge in [0.05, 0.1) is 29.7 Å². The summed E-state index contributed by atoms with van der Waals surface area (Å²) in [4.78, 5) is 12.1. The van der Waals surface area contributed by atoms with Crippen LogP contribution in [0.4, 0.5) is 0 Å². The van der Waals surface area contributed by atoms with Crippen LogP contribution in [0, 0.1) is 17.2 Å². The smallest absolute Gasteiger partial charge is 0.314 e. The first-order valence-corrected chi connectivity index (χ1v) is 6.68. The number of esters is 1. The van der Waals surface area contributed by atoms with Gasteiger partial charge in [-0.15, -0.1) is 0 Å². The molecule has 0 N–H and O–H groups in total. The lowest BCUT2D eigenvalue weighted by Crippen LogP contribution is -2.21. The first-order valence-electron chi connectivity index (χ1n) is 6.30. The predicted molar refractivity (Wildman–Crippen MR) is 74.8 cm³/mol. The molecule has 0 unspecified atom stereocenters. The Balaban J connectivity index is 2.22. The molecular formula is C15H14ClNO3. The topological polar surface area (TPSA) is 59.3 Å². The van der Waals surface area contributed by atoms with Gasteiger partial charge in [-0.2, -0.15) is 5.26 Å². The zero-order chi connectivity index (χ0) is 14.5. The maximum atomic E-state index is 12.1. The Bertz CT molecular complexity index is 590. The van der Waals surface area contributed by atoms with Gasteiger partial charge in [-0.1, -0.05) is 23.8 Å². The largest absolute Gasteiger partial charge is 0.493 e. The highest BCUT2D eigenvalue weighted by molar-refractivity contribution is 6.32. The molecule has 0 amide bonds. The van der Waals surface area contributed by atoms with Gasteiger partial charge in [0, 0.05) is 6.07 Å². The Hall–Kier alpha value is -1.99. The molecule has 104 valence electrons. The van der Waals surface area contributed by atoms with E-state index in [1.165, 1.54) is 19.2 Å². The van der Waals surface area contributed by atoms with E-state index in [0.717, 1.165) is 12.8 Å². The summed E-state index contributed by atoms with van der Waals surface area (Å²) in [5.74, 6) is -0.0165. The first-order chi connectivity index (χ1) is 9.65. The van der Waals surface area contributed by atoms with Crippen molar-refractivity contribution in [2.24, 2.45) is 5.92 Å². The highest BCUT2D eigenvalue weighted by Crippen LogP contribution is 2.37. The van der Waals surface area contributed by atoms with Gasteiger partial charge in [0.25, 0.3) is 0 Å². The third kappa shape index (κ3) is 3.12. The third-order valence-corrected chi connectivity index (χ3v) is 3.44. The van der Waals surface area contributed by atoms with Crippen LogP contribution in [-0.4, -0.2) is 13.1 Å². The lowest BCUT2D eigenvalue weighted by atomic mass is 9.95. The molecule has 0 saturated heterocycles. The average Bonchev–Trinajstić information content (AvgIpc) is 2.49. The Labute approximate surface area is 122 Å². The number of carbonyl (C=O) groups is 1. The van der Waals surface area contributed by atoms with Gasteiger partial charge in [0.1, 0.15) is 0 Å². The van der Waals surface area contributed by atoms with E-state index in [4.69, 9.17) is 26.3 Å². The Morgan fingerprint density at radius 3 is 2.85 bits per heavy atom. The highest BCUT2D eigenvalue weighted by atomic mass is 35.5. The molecule has 1 aromatic rings. The van der Waals surface area contributed by atoms with Gasteiger partial charge in [-0.25, -0.2) is 0 Å². The predicted octanol–water partition coefficient (Wildman–Crippen LogP) is 3.48. The normalized spacial score (nSPS) is 17.4. The number of hydrogen-bond acceptors (Lipinski definition) is 4. The van der Waals surface area contributed by atoms with E-state index < -0.39 is 0 Å². The van der Waals surface area contributed by atoms with Crippen LogP contribution in [0.3, 0.4) is 0 Å².